The average molecular weight is 204 g/mol. The number of hydrogen-bond donors (Lipinski definition) is 0. The van der Waals surface area contributed by atoms with E-state index >= 15 is 0 Å². The monoisotopic (exact) mass is 204 g/mol. The lowest BCUT2D eigenvalue weighted by Gasteiger charge is -2.21. The topological polar surface area (TPSA) is 17.8 Å². The summed E-state index contributed by atoms with van der Waals surface area (Å²) in [4.78, 5) is 4.88. The molecule has 0 radical (unpaired) electrons. The van der Waals surface area contributed by atoms with Crippen LogP contribution in [0, 0.1) is 5.92 Å². The van der Waals surface area contributed by atoms with Crippen molar-refractivity contribution < 1.29 is 0 Å². The van der Waals surface area contributed by atoms with Crippen molar-refractivity contribution in [2.75, 3.05) is 0 Å². The van der Waals surface area contributed by atoms with E-state index in [1.54, 1.807) is 5.69 Å². The predicted octanol–water partition coefficient (Wildman–Crippen LogP) is 2.91. The van der Waals surface area contributed by atoms with E-state index < -0.39 is 0 Å². The van der Waals surface area contributed by atoms with Gasteiger partial charge in [0, 0.05) is 24.6 Å². The van der Waals surface area contributed by atoms with E-state index in [2.05, 4.69) is 18.4 Å². The maximum atomic E-state index is 4.88. The minimum atomic E-state index is 0.758. The first-order valence-electron chi connectivity index (χ1n) is 6.37. The van der Waals surface area contributed by atoms with Crippen LogP contribution < -0.4 is 0 Å². The Hall–Kier alpha value is -0.790. The van der Waals surface area contributed by atoms with E-state index in [4.69, 9.17) is 4.98 Å². The van der Waals surface area contributed by atoms with Gasteiger partial charge in [-0.25, -0.2) is 4.98 Å². The molecule has 2 aliphatic rings. The zero-order valence-corrected chi connectivity index (χ0v) is 9.79. The van der Waals surface area contributed by atoms with Gasteiger partial charge in [0.1, 0.15) is 5.82 Å². The second kappa shape index (κ2) is 3.36. The number of imidazole rings is 1. The van der Waals surface area contributed by atoms with E-state index in [0.29, 0.717) is 0 Å². The van der Waals surface area contributed by atoms with Gasteiger partial charge in [-0.05, 0) is 31.6 Å². The minimum Gasteiger partial charge on any atom is -0.331 e. The Labute approximate surface area is 91.7 Å². The molecule has 2 nitrogen and oxygen atoms in total. The molecule has 0 amide bonds. The molecule has 2 unspecified atom stereocenters. The third-order valence-corrected chi connectivity index (χ3v) is 4.15. The molecule has 1 aliphatic carbocycles. The Morgan fingerprint density at radius 2 is 2.20 bits per heavy atom. The van der Waals surface area contributed by atoms with Crippen LogP contribution in [0.2, 0.25) is 0 Å². The fourth-order valence-electron chi connectivity index (χ4n) is 3.18. The third-order valence-electron chi connectivity index (χ3n) is 4.15. The van der Waals surface area contributed by atoms with Crippen LogP contribution in [0.15, 0.2) is 0 Å². The first-order valence-corrected chi connectivity index (χ1v) is 6.37. The van der Waals surface area contributed by atoms with Crippen molar-refractivity contribution in [3.05, 3.63) is 17.2 Å². The minimum absolute atomic E-state index is 0.758. The van der Waals surface area contributed by atoms with E-state index in [1.165, 1.54) is 50.2 Å². The Morgan fingerprint density at radius 1 is 1.33 bits per heavy atom. The van der Waals surface area contributed by atoms with Gasteiger partial charge in [0.05, 0.1) is 5.69 Å². The molecule has 82 valence electrons. The van der Waals surface area contributed by atoms with Crippen molar-refractivity contribution in [2.45, 2.75) is 58.4 Å². The molecular formula is C13H20N2. The molecule has 0 saturated heterocycles. The van der Waals surface area contributed by atoms with Crippen LogP contribution in [0.25, 0.3) is 0 Å². The fraction of sp³-hybridized carbons (Fsp3) is 0.769. The first kappa shape index (κ1) is 9.44. The summed E-state index contributed by atoms with van der Waals surface area (Å²) in [5.41, 5.74) is 3.02. The van der Waals surface area contributed by atoms with Gasteiger partial charge < -0.3 is 4.57 Å². The summed E-state index contributed by atoms with van der Waals surface area (Å²) >= 11 is 0. The van der Waals surface area contributed by atoms with Crippen LogP contribution in [-0.2, 0) is 19.4 Å². The standard InChI is InChI=1S/C13H20N2/c1-3-10-5-6-11-13(10)14-12-7-4-9(2)8-15(11)12/h9-10H,3-8H2,1-2H3. The maximum Gasteiger partial charge on any atom is 0.109 e. The molecule has 0 saturated carbocycles. The number of hydrogen-bond acceptors (Lipinski definition) is 1. The second-order valence-corrected chi connectivity index (χ2v) is 5.26. The molecular weight excluding hydrogens is 184 g/mol. The van der Waals surface area contributed by atoms with Crippen molar-refractivity contribution >= 4 is 0 Å². The molecule has 1 aliphatic heterocycles. The predicted molar refractivity (Wildman–Crippen MR) is 61.1 cm³/mol. The summed E-state index contributed by atoms with van der Waals surface area (Å²) in [7, 11) is 0. The van der Waals surface area contributed by atoms with Gasteiger partial charge in [0.2, 0.25) is 0 Å². The summed E-state index contributed by atoms with van der Waals surface area (Å²) in [5.74, 6) is 2.97. The highest BCUT2D eigenvalue weighted by molar-refractivity contribution is 5.27. The van der Waals surface area contributed by atoms with Crippen molar-refractivity contribution in [3.8, 4) is 0 Å². The number of aryl methyl sites for hydroxylation is 1. The first-order chi connectivity index (χ1) is 7.29. The van der Waals surface area contributed by atoms with Crippen LogP contribution in [0.3, 0.4) is 0 Å². The highest BCUT2D eigenvalue weighted by Gasteiger charge is 2.30. The molecule has 0 spiro atoms. The number of fused-ring (bicyclic) bond motifs is 3. The van der Waals surface area contributed by atoms with Crippen LogP contribution >= 0.6 is 0 Å². The normalized spacial score (nSPS) is 28.9. The van der Waals surface area contributed by atoms with E-state index in [1.807, 2.05) is 0 Å². The highest BCUT2D eigenvalue weighted by atomic mass is 15.1. The molecule has 0 aromatic carbocycles. The largest absolute Gasteiger partial charge is 0.331 e. The molecule has 2 heterocycles. The van der Waals surface area contributed by atoms with E-state index in [9.17, 15) is 0 Å². The number of rotatable bonds is 1. The number of nitrogens with zero attached hydrogens (tertiary/aromatic N) is 2. The third kappa shape index (κ3) is 1.34. The van der Waals surface area contributed by atoms with Crippen molar-refractivity contribution in [1.29, 1.82) is 0 Å². The molecule has 0 N–H and O–H groups in total. The second-order valence-electron chi connectivity index (χ2n) is 5.26. The maximum absolute atomic E-state index is 4.88. The smallest absolute Gasteiger partial charge is 0.109 e. The molecule has 2 atom stereocenters. The van der Waals surface area contributed by atoms with Crippen molar-refractivity contribution in [2.24, 2.45) is 5.92 Å². The van der Waals surface area contributed by atoms with Crippen molar-refractivity contribution in [3.63, 3.8) is 0 Å². The van der Waals surface area contributed by atoms with Gasteiger partial charge in [0.25, 0.3) is 0 Å². The Morgan fingerprint density at radius 3 is 3.00 bits per heavy atom. The van der Waals surface area contributed by atoms with Gasteiger partial charge in [-0.15, -0.1) is 0 Å². The van der Waals surface area contributed by atoms with Gasteiger partial charge in [-0.2, -0.15) is 0 Å². The Bertz CT molecular complexity index is 378. The molecule has 1 aromatic heterocycles. The molecule has 0 bridgehead atoms. The van der Waals surface area contributed by atoms with Crippen LogP contribution in [0.4, 0.5) is 0 Å². The molecule has 0 fully saturated rings. The SMILES string of the molecule is CCC1CCc2c1nc1n2CC(C)CC1. The van der Waals surface area contributed by atoms with Crippen LogP contribution in [-0.4, -0.2) is 9.55 Å². The lowest BCUT2D eigenvalue weighted by molar-refractivity contribution is 0.386. The molecule has 2 heteroatoms. The van der Waals surface area contributed by atoms with Crippen LogP contribution in [0.1, 0.15) is 56.2 Å². The summed E-state index contributed by atoms with van der Waals surface area (Å²) in [6.45, 7) is 5.87. The van der Waals surface area contributed by atoms with E-state index in [-0.39, 0.29) is 0 Å². The fourth-order valence-corrected chi connectivity index (χ4v) is 3.18. The molecule has 15 heavy (non-hydrogen) atoms. The van der Waals surface area contributed by atoms with Gasteiger partial charge >= 0.3 is 0 Å². The number of aromatic nitrogens is 2. The summed E-state index contributed by atoms with van der Waals surface area (Å²) in [5, 5.41) is 0. The van der Waals surface area contributed by atoms with E-state index in [0.717, 1.165) is 11.8 Å². The van der Waals surface area contributed by atoms with Gasteiger partial charge in [-0.3, -0.25) is 0 Å². The summed E-state index contributed by atoms with van der Waals surface area (Å²) < 4.78 is 2.53. The van der Waals surface area contributed by atoms with Gasteiger partial charge in [0.15, 0.2) is 0 Å². The Balaban J connectivity index is 2.02. The van der Waals surface area contributed by atoms with Gasteiger partial charge in [-0.1, -0.05) is 13.8 Å². The summed E-state index contributed by atoms with van der Waals surface area (Å²) in [6, 6.07) is 0. The molecule has 3 rings (SSSR count). The zero-order chi connectivity index (χ0) is 10.4. The van der Waals surface area contributed by atoms with Crippen molar-refractivity contribution in [1.82, 2.24) is 9.55 Å². The molecule has 1 aromatic rings. The Kier molecular flexibility index (Phi) is 2.11. The quantitative estimate of drug-likeness (QED) is 0.687. The lowest BCUT2D eigenvalue weighted by atomic mass is 10.0. The van der Waals surface area contributed by atoms with Crippen LogP contribution in [0.5, 0.6) is 0 Å². The lowest BCUT2D eigenvalue weighted by Crippen LogP contribution is -2.19. The zero-order valence-electron chi connectivity index (χ0n) is 9.79. The average Bonchev–Trinajstić information content (AvgIpc) is 2.76. The highest BCUT2D eigenvalue weighted by Crippen LogP contribution is 2.37. The summed E-state index contributed by atoms with van der Waals surface area (Å²) in [6.07, 6.45) is 6.40.